The second kappa shape index (κ2) is 5.66. The average Bonchev–Trinajstić information content (AvgIpc) is 3.02. The zero-order valence-corrected chi connectivity index (χ0v) is 12.6. The first kappa shape index (κ1) is 13.8. The number of allylic oxidation sites excluding steroid dienone is 1. The van der Waals surface area contributed by atoms with Gasteiger partial charge in [0.2, 0.25) is 0 Å². The summed E-state index contributed by atoms with van der Waals surface area (Å²) in [6.07, 6.45) is 6.03. The molecule has 0 aromatic carbocycles. The summed E-state index contributed by atoms with van der Waals surface area (Å²) in [6.45, 7) is 6.19. The number of methoxy groups -OCH3 is 1. The fourth-order valence-electron chi connectivity index (χ4n) is 2.78. The topological polar surface area (TPSA) is 54.0 Å². The molecule has 1 saturated carbocycles. The van der Waals surface area contributed by atoms with Gasteiger partial charge in [0.05, 0.1) is 12.1 Å². The molecule has 2 aliphatic rings. The third-order valence-electron chi connectivity index (χ3n) is 4.21. The summed E-state index contributed by atoms with van der Waals surface area (Å²) in [5, 5.41) is 7.54. The molecule has 3 rings (SSSR count). The van der Waals surface area contributed by atoms with E-state index in [1.165, 1.54) is 18.4 Å². The number of aromatic amines is 1. The van der Waals surface area contributed by atoms with Crippen LogP contribution in [0, 0.1) is 0 Å². The van der Waals surface area contributed by atoms with Crippen LogP contribution in [-0.4, -0.2) is 46.4 Å². The SMILES string of the molecule is CO[C@@H]1C[C@@H](c2nc(C3CC3)n[nH]2)N(CC=C(C)C)C1. The van der Waals surface area contributed by atoms with Gasteiger partial charge in [-0.15, -0.1) is 0 Å². The fourth-order valence-corrected chi connectivity index (χ4v) is 2.78. The standard InChI is InChI=1S/C15H24N4O/c1-10(2)6-7-19-9-12(20-3)8-13(19)15-16-14(17-18-15)11-4-5-11/h6,11-13H,4-5,7-9H2,1-3H3,(H,16,17,18)/t12-,13+/m1/s1. The molecular formula is C15H24N4O. The molecular weight excluding hydrogens is 252 g/mol. The maximum absolute atomic E-state index is 5.54. The van der Waals surface area contributed by atoms with Gasteiger partial charge < -0.3 is 4.74 Å². The van der Waals surface area contributed by atoms with Gasteiger partial charge in [0.15, 0.2) is 5.82 Å². The van der Waals surface area contributed by atoms with Gasteiger partial charge in [-0.1, -0.05) is 11.6 Å². The number of aromatic nitrogens is 3. The van der Waals surface area contributed by atoms with E-state index in [1.807, 2.05) is 0 Å². The van der Waals surface area contributed by atoms with Crippen molar-refractivity contribution in [1.29, 1.82) is 0 Å². The van der Waals surface area contributed by atoms with E-state index in [0.717, 1.165) is 31.2 Å². The van der Waals surface area contributed by atoms with Crippen LogP contribution < -0.4 is 0 Å². The van der Waals surface area contributed by atoms with E-state index in [4.69, 9.17) is 9.72 Å². The molecule has 5 heteroatoms. The zero-order valence-electron chi connectivity index (χ0n) is 12.6. The summed E-state index contributed by atoms with van der Waals surface area (Å²) in [7, 11) is 1.79. The van der Waals surface area contributed by atoms with Crippen molar-refractivity contribution in [3.63, 3.8) is 0 Å². The van der Waals surface area contributed by atoms with Gasteiger partial charge in [0, 0.05) is 26.1 Å². The molecule has 1 saturated heterocycles. The van der Waals surface area contributed by atoms with Gasteiger partial charge in [0.1, 0.15) is 5.82 Å². The first-order valence-corrected chi connectivity index (χ1v) is 7.49. The second-order valence-corrected chi connectivity index (χ2v) is 6.20. The molecule has 0 bridgehead atoms. The van der Waals surface area contributed by atoms with Gasteiger partial charge in [-0.25, -0.2) is 4.98 Å². The van der Waals surface area contributed by atoms with Gasteiger partial charge in [-0.2, -0.15) is 5.10 Å². The zero-order chi connectivity index (χ0) is 14.1. The van der Waals surface area contributed by atoms with E-state index in [0.29, 0.717) is 18.1 Å². The van der Waals surface area contributed by atoms with Crippen molar-refractivity contribution in [3.05, 3.63) is 23.3 Å². The van der Waals surface area contributed by atoms with Gasteiger partial charge in [0.25, 0.3) is 0 Å². The second-order valence-electron chi connectivity index (χ2n) is 6.20. The highest BCUT2D eigenvalue weighted by atomic mass is 16.5. The first-order valence-electron chi connectivity index (χ1n) is 7.49. The summed E-state index contributed by atoms with van der Waals surface area (Å²) >= 11 is 0. The molecule has 1 aromatic rings. The molecule has 0 amide bonds. The number of likely N-dealkylation sites (tertiary alicyclic amines) is 1. The van der Waals surface area contributed by atoms with Crippen molar-refractivity contribution in [1.82, 2.24) is 20.1 Å². The van der Waals surface area contributed by atoms with E-state index in [1.54, 1.807) is 7.11 Å². The van der Waals surface area contributed by atoms with Crippen molar-refractivity contribution < 1.29 is 4.74 Å². The molecule has 20 heavy (non-hydrogen) atoms. The lowest BCUT2D eigenvalue weighted by atomic mass is 10.2. The lowest BCUT2D eigenvalue weighted by Crippen LogP contribution is -2.26. The number of hydrogen-bond acceptors (Lipinski definition) is 4. The largest absolute Gasteiger partial charge is 0.380 e. The Morgan fingerprint density at radius 2 is 2.25 bits per heavy atom. The summed E-state index contributed by atoms with van der Waals surface area (Å²) in [5.74, 6) is 2.61. The van der Waals surface area contributed by atoms with Crippen LogP contribution in [0.15, 0.2) is 11.6 Å². The molecule has 0 unspecified atom stereocenters. The maximum atomic E-state index is 5.54. The smallest absolute Gasteiger partial charge is 0.153 e. The third kappa shape index (κ3) is 2.94. The van der Waals surface area contributed by atoms with E-state index < -0.39 is 0 Å². The van der Waals surface area contributed by atoms with Crippen LogP contribution in [0.5, 0.6) is 0 Å². The Balaban J connectivity index is 1.74. The Morgan fingerprint density at radius 1 is 1.45 bits per heavy atom. The van der Waals surface area contributed by atoms with E-state index in [2.05, 4.69) is 35.0 Å². The number of nitrogens with zero attached hydrogens (tertiary/aromatic N) is 3. The molecule has 1 aliphatic carbocycles. The Bertz CT molecular complexity index is 488. The Morgan fingerprint density at radius 3 is 2.90 bits per heavy atom. The Hall–Kier alpha value is -1.20. The van der Waals surface area contributed by atoms with Crippen molar-refractivity contribution >= 4 is 0 Å². The Labute approximate surface area is 120 Å². The number of H-pyrrole nitrogens is 1. The Kier molecular flexibility index (Phi) is 3.89. The number of hydrogen-bond donors (Lipinski definition) is 1. The highest BCUT2D eigenvalue weighted by molar-refractivity contribution is 5.09. The number of ether oxygens (including phenoxy) is 1. The molecule has 2 atom stereocenters. The summed E-state index contributed by atoms with van der Waals surface area (Å²) in [5.41, 5.74) is 1.35. The summed E-state index contributed by atoms with van der Waals surface area (Å²) < 4.78 is 5.54. The van der Waals surface area contributed by atoms with Crippen LogP contribution in [0.25, 0.3) is 0 Å². The fraction of sp³-hybridized carbons (Fsp3) is 0.733. The number of nitrogens with one attached hydrogen (secondary N) is 1. The lowest BCUT2D eigenvalue weighted by Gasteiger charge is -2.20. The minimum atomic E-state index is 0.292. The summed E-state index contributed by atoms with van der Waals surface area (Å²) in [6, 6.07) is 0.301. The monoisotopic (exact) mass is 276 g/mol. The predicted octanol–water partition coefficient (Wildman–Crippen LogP) is 2.41. The highest BCUT2D eigenvalue weighted by Crippen LogP contribution is 2.39. The van der Waals surface area contributed by atoms with E-state index in [-0.39, 0.29) is 0 Å². The quantitative estimate of drug-likeness (QED) is 0.839. The lowest BCUT2D eigenvalue weighted by molar-refractivity contribution is 0.109. The normalized spacial score (nSPS) is 26.9. The highest BCUT2D eigenvalue weighted by Gasteiger charge is 2.36. The van der Waals surface area contributed by atoms with Crippen LogP contribution in [0.3, 0.4) is 0 Å². The maximum Gasteiger partial charge on any atom is 0.153 e. The van der Waals surface area contributed by atoms with Crippen LogP contribution in [0.2, 0.25) is 0 Å². The van der Waals surface area contributed by atoms with Crippen LogP contribution in [0.1, 0.15) is 56.7 Å². The summed E-state index contributed by atoms with van der Waals surface area (Å²) in [4.78, 5) is 7.14. The first-order chi connectivity index (χ1) is 9.67. The van der Waals surface area contributed by atoms with Crippen molar-refractivity contribution in [3.8, 4) is 0 Å². The minimum absolute atomic E-state index is 0.292. The number of rotatable bonds is 5. The van der Waals surface area contributed by atoms with Crippen molar-refractivity contribution in [2.45, 2.75) is 51.2 Å². The van der Waals surface area contributed by atoms with E-state index in [9.17, 15) is 0 Å². The van der Waals surface area contributed by atoms with Crippen molar-refractivity contribution in [2.24, 2.45) is 0 Å². The molecule has 1 aliphatic heterocycles. The predicted molar refractivity (Wildman–Crippen MR) is 77.5 cm³/mol. The van der Waals surface area contributed by atoms with Crippen molar-refractivity contribution in [2.75, 3.05) is 20.2 Å². The average molecular weight is 276 g/mol. The van der Waals surface area contributed by atoms with Crippen LogP contribution >= 0.6 is 0 Å². The molecule has 1 N–H and O–H groups in total. The molecule has 0 spiro atoms. The van der Waals surface area contributed by atoms with Crippen LogP contribution in [-0.2, 0) is 4.74 Å². The van der Waals surface area contributed by atoms with Gasteiger partial charge in [-0.3, -0.25) is 10.00 Å². The van der Waals surface area contributed by atoms with E-state index >= 15 is 0 Å². The molecule has 0 radical (unpaired) electrons. The van der Waals surface area contributed by atoms with Crippen LogP contribution in [0.4, 0.5) is 0 Å². The molecule has 2 fully saturated rings. The molecule has 1 aromatic heterocycles. The van der Waals surface area contributed by atoms with Gasteiger partial charge >= 0.3 is 0 Å². The third-order valence-corrected chi connectivity index (χ3v) is 4.21. The minimum Gasteiger partial charge on any atom is -0.380 e. The molecule has 2 heterocycles. The molecule has 5 nitrogen and oxygen atoms in total. The van der Waals surface area contributed by atoms with Gasteiger partial charge in [-0.05, 0) is 33.1 Å². The molecule has 110 valence electrons.